The molecule has 0 aromatic carbocycles. The predicted octanol–water partition coefficient (Wildman–Crippen LogP) is 7.05. The van der Waals surface area contributed by atoms with Crippen LogP contribution in [0, 0.1) is 0 Å². The number of unbranched alkanes of at least 4 members (excludes halogenated alkanes) is 9. The van der Waals surface area contributed by atoms with E-state index >= 15 is 0 Å². The van der Waals surface area contributed by atoms with E-state index in [1.54, 1.807) is 0 Å². The van der Waals surface area contributed by atoms with Crippen molar-refractivity contribution in [3.63, 3.8) is 0 Å². The maximum absolute atomic E-state index is 11.0. The second-order valence-corrected chi connectivity index (χ2v) is 8.63. The first-order valence-corrected chi connectivity index (χ1v) is 11.1. The van der Waals surface area contributed by atoms with Crippen molar-refractivity contribution < 1.29 is 9.53 Å². The van der Waals surface area contributed by atoms with Crippen molar-refractivity contribution in [3.8, 4) is 0 Å². The van der Waals surface area contributed by atoms with Gasteiger partial charge >= 0.3 is 5.97 Å². The highest BCUT2D eigenvalue weighted by Gasteiger charge is 2.15. The SMILES string of the molecule is CCCCCCCC[C@@H](I)[C@H](Cl)CCCCCCCC(=O)OC. The Balaban J connectivity index is 3.40. The van der Waals surface area contributed by atoms with Gasteiger partial charge in [0.25, 0.3) is 0 Å². The zero-order valence-corrected chi connectivity index (χ0v) is 18.0. The normalized spacial score (nSPS) is 13.7. The van der Waals surface area contributed by atoms with Crippen molar-refractivity contribution in [2.75, 3.05) is 7.11 Å². The van der Waals surface area contributed by atoms with Gasteiger partial charge in [-0.1, -0.05) is 93.7 Å². The molecule has 0 fully saturated rings. The number of alkyl halides is 2. The summed E-state index contributed by atoms with van der Waals surface area (Å²) in [7, 11) is 1.45. The van der Waals surface area contributed by atoms with Gasteiger partial charge in [0.15, 0.2) is 0 Å². The fraction of sp³-hybridized carbons (Fsp3) is 0.947. The van der Waals surface area contributed by atoms with E-state index in [-0.39, 0.29) is 5.97 Å². The molecule has 23 heavy (non-hydrogen) atoms. The van der Waals surface area contributed by atoms with Gasteiger partial charge in [-0.2, -0.15) is 0 Å². The molecule has 0 saturated carbocycles. The van der Waals surface area contributed by atoms with Crippen LogP contribution in [-0.4, -0.2) is 22.4 Å². The molecule has 0 aliphatic carbocycles. The predicted molar refractivity (Wildman–Crippen MR) is 110 cm³/mol. The summed E-state index contributed by atoms with van der Waals surface area (Å²) in [6.07, 6.45) is 16.8. The third-order valence-corrected chi connectivity index (χ3v) is 6.75. The molecule has 0 saturated heterocycles. The van der Waals surface area contributed by atoms with Gasteiger partial charge in [-0.3, -0.25) is 4.79 Å². The molecule has 4 heteroatoms. The summed E-state index contributed by atoms with van der Waals surface area (Å²) in [6.45, 7) is 2.26. The molecule has 0 N–H and O–H groups in total. The number of carbonyl (C=O) groups excluding carboxylic acids is 1. The number of carbonyl (C=O) groups is 1. The maximum Gasteiger partial charge on any atom is 0.305 e. The van der Waals surface area contributed by atoms with Crippen molar-refractivity contribution in [2.45, 2.75) is 106 Å². The number of esters is 1. The van der Waals surface area contributed by atoms with E-state index in [0.29, 0.717) is 15.7 Å². The third kappa shape index (κ3) is 15.7. The summed E-state index contributed by atoms with van der Waals surface area (Å²) < 4.78 is 5.25. The number of hydrogen-bond acceptors (Lipinski definition) is 2. The van der Waals surface area contributed by atoms with Crippen LogP contribution >= 0.6 is 34.2 Å². The van der Waals surface area contributed by atoms with Gasteiger partial charge in [-0.25, -0.2) is 0 Å². The van der Waals surface area contributed by atoms with Gasteiger partial charge in [-0.05, 0) is 19.3 Å². The van der Waals surface area contributed by atoms with Gasteiger partial charge in [0.2, 0.25) is 0 Å². The Morgan fingerprint density at radius 2 is 1.43 bits per heavy atom. The van der Waals surface area contributed by atoms with E-state index in [2.05, 4.69) is 34.3 Å². The number of hydrogen-bond donors (Lipinski definition) is 0. The van der Waals surface area contributed by atoms with Crippen molar-refractivity contribution in [3.05, 3.63) is 0 Å². The molecule has 0 amide bonds. The number of halogens is 2. The first kappa shape index (κ1) is 23.5. The monoisotopic (exact) mass is 458 g/mol. The van der Waals surface area contributed by atoms with Crippen LogP contribution in [0.1, 0.15) is 96.8 Å². The molecular formula is C19H36ClIO2. The lowest BCUT2D eigenvalue weighted by Crippen LogP contribution is -2.14. The van der Waals surface area contributed by atoms with E-state index in [9.17, 15) is 4.79 Å². The fourth-order valence-electron chi connectivity index (χ4n) is 2.72. The first-order chi connectivity index (χ1) is 11.1. The van der Waals surface area contributed by atoms with Crippen LogP contribution in [0.3, 0.4) is 0 Å². The molecule has 0 bridgehead atoms. The second kappa shape index (κ2) is 17.3. The molecule has 0 rings (SSSR count). The Hall–Kier alpha value is 0.490. The first-order valence-electron chi connectivity index (χ1n) is 9.46. The quantitative estimate of drug-likeness (QED) is 0.107. The third-order valence-electron chi connectivity index (χ3n) is 4.31. The molecule has 138 valence electrons. The molecule has 2 nitrogen and oxygen atoms in total. The molecular weight excluding hydrogens is 423 g/mol. The van der Waals surface area contributed by atoms with E-state index in [4.69, 9.17) is 11.6 Å². The largest absolute Gasteiger partial charge is 0.469 e. The maximum atomic E-state index is 11.0. The van der Waals surface area contributed by atoms with E-state index < -0.39 is 0 Å². The molecule has 0 heterocycles. The molecule has 0 unspecified atom stereocenters. The van der Waals surface area contributed by atoms with Gasteiger partial charge in [-0.15, -0.1) is 11.6 Å². The highest BCUT2D eigenvalue weighted by atomic mass is 127. The number of rotatable bonds is 16. The summed E-state index contributed by atoms with van der Waals surface area (Å²) >= 11 is 9.06. The van der Waals surface area contributed by atoms with Crippen molar-refractivity contribution in [1.29, 1.82) is 0 Å². The summed E-state index contributed by atoms with van der Waals surface area (Å²) in [5.41, 5.74) is 0. The van der Waals surface area contributed by atoms with Crippen molar-refractivity contribution >= 4 is 40.2 Å². The molecule has 0 spiro atoms. The van der Waals surface area contributed by atoms with Crippen molar-refractivity contribution in [2.24, 2.45) is 0 Å². The van der Waals surface area contributed by atoms with Crippen molar-refractivity contribution in [1.82, 2.24) is 0 Å². The summed E-state index contributed by atoms with van der Waals surface area (Å²) in [5, 5.41) is 0.321. The van der Waals surface area contributed by atoms with Crippen LogP contribution in [0.2, 0.25) is 0 Å². The Bertz CT molecular complexity index is 274. The lowest BCUT2D eigenvalue weighted by Gasteiger charge is -2.16. The smallest absolute Gasteiger partial charge is 0.305 e. The Labute approximate surface area is 162 Å². The molecule has 0 aromatic heterocycles. The topological polar surface area (TPSA) is 26.3 Å². The lowest BCUT2D eigenvalue weighted by atomic mass is 10.0. The van der Waals surface area contributed by atoms with Gasteiger partial charge < -0.3 is 4.74 Å². The minimum Gasteiger partial charge on any atom is -0.469 e. The summed E-state index contributed by atoms with van der Waals surface area (Å²) in [4.78, 5) is 11.0. The molecule has 0 aliphatic heterocycles. The highest BCUT2D eigenvalue weighted by Crippen LogP contribution is 2.24. The Kier molecular flexibility index (Phi) is 17.7. The molecule has 2 atom stereocenters. The average molecular weight is 459 g/mol. The van der Waals surface area contributed by atoms with Gasteiger partial charge in [0.05, 0.1) is 7.11 Å². The minimum atomic E-state index is -0.0896. The van der Waals surface area contributed by atoms with E-state index in [1.807, 2.05) is 0 Å². The zero-order chi connectivity index (χ0) is 17.3. The Morgan fingerprint density at radius 1 is 0.913 bits per heavy atom. The lowest BCUT2D eigenvalue weighted by molar-refractivity contribution is -0.140. The second-order valence-electron chi connectivity index (χ2n) is 6.47. The standard InChI is InChI=1S/C19H36ClIO2/c1-3-4-5-6-9-12-15-18(21)17(20)14-11-8-7-10-13-16-19(22)23-2/h17-18H,3-16H2,1-2H3/t17-,18-/m1/s1. The summed E-state index contributed by atoms with van der Waals surface area (Å²) in [5.74, 6) is -0.0896. The average Bonchev–Trinajstić information content (AvgIpc) is 2.56. The van der Waals surface area contributed by atoms with Gasteiger partial charge in [0, 0.05) is 15.7 Å². The van der Waals surface area contributed by atoms with Crippen LogP contribution in [0.4, 0.5) is 0 Å². The van der Waals surface area contributed by atoms with E-state index in [0.717, 1.165) is 19.3 Å². The Morgan fingerprint density at radius 3 is 2.04 bits per heavy atom. The van der Waals surface area contributed by atoms with Gasteiger partial charge in [0.1, 0.15) is 0 Å². The van der Waals surface area contributed by atoms with Crippen LogP contribution in [-0.2, 0) is 9.53 Å². The fourth-order valence-corrected chi connectivity index (χ4v) is 3.80. The van der Waals surface area contributed by atoms with Crippen LogP contribution in [0.25, 0.3) is 0 Å². The number of ether oxygens (including phenoxy) is 1. The number of methoxy groups -OCH3 is 1. The van der Waals surface area contributed by atoms with Crippen LogP contribution in [0.15, 0.2) is 0 Å². The minimum absolute atomic E-state index is 0.0896. The van der Waals surface area contributed by atoms with E-state index in [1.165, 1.54) is 71.3 Å². The highest BCUT2D eigenvalue weighted by molar-refractivity contribution is 14.1. The van der Waals surface area contributed by atoms with Crippen LogP contribution in [0.5, 0.6) is 0 Å². The zero-order valence-electron chi connectivity index (χ0n) is 15.1. The molecule has 0 radical (unpaired) electrons. The molecule has 0 aromatic rings. The molecule has 0 aliphatic rings. The van der Waals surface area contributed by atoms with Crippen LogP contribution < -0.4 is 0 Å². The summed E-state index contributed by atoms with van der Waals surface area (Å²) in [6, 6.07) is 0.